The summed E-state index contributed by atoms with van der Waals surface area (Å²) in [6.45, 7) is 5.04. The molecule has 21 heavy (non-hydrogen) atoms. The van der Waals surface area contributed by atoms with Crippen molar-refractivity contribution in [2.24, 2.45) is 5.92 Å². The molecule has 1 N–H and O–H groups in total. The van der Waals surface area contributed by atoms with E-state index in [9.17, 15) is 9.59 Å². The van der Waals surface area contributed by atoms with Crippen LogP contribution in [0.3, 0.4) is 0 Å². The molecule has 6 heteroatoms. The van der Waals surface area contributed by atoms with E-state index < -0.39 is 5.97 Å². The van der Waals surface area contributed by atoms with Crippen LogP contribution in [-0.2, 0) is 0 Å². The summed E-state index contributed by atoms with van der Waals surface area (Å²) in [4.78, 5) is 32.9. The third-order valence-corrected chi connectivity index (χ3v) is 3.72. The molecule has 1 aliphatic rings. The zero-order valence-electron chi connectivity index (χ0n) is 12.5. The van der Waals surface area contributed by atoms with E-state index in [2.05, 4.69) is 23.8 Å². The highest BCUT2D eigenvalue weighted by molar-refractivity contribution is 5.93. The number of carboxylic acid groups (broad SMARTS) is 1. The number of aromatic nitrogens is 2. The molecule has 1 saturated heterocycles. The molecule has 0 spiro atoms. The van der Waals surface area contributed by atoms with Crippen LogP contribution in [0, 0.1) is 5.92 Å². The summed E-state index contributed by atoms with van der Waals surface area (Å²) in [5.74, 6) is -0.759. The zero-order valence-corrected chi connectivity index (χ0v) is 12.5. The molecule has 2 heterocycles. The number of carbonyl (C=O) groups excluding carboxylic acids is 1. The number of carboxylic acids is 1. The normalized spacial score (nSPS) is 18.8. The van der Waals surface area contributed by atoms with Crippen LogP contribution in [0.2, 0.25) is 0 Å². The van der Waals surface area contributed by atoms with Crippen molar-refractivity contribution in [3.8, 4) is 0 Å². The molecule has 1 atom stereocenters. The van der Waals surface area contributed by atoms with Gasteiger partial charge in [-0.2, -0.15) is 0 Å². The van der Waals surface area contributed by atoms with Crippen LogP contribution in [0.4, 0.5) is 0 Å². The Labute approximate surface area is 124 Å². The minimum Gasteiger partial charge on any atom is -0.476 e. The van der Waals surface area contributed by atoms with Gasteiger partial charge < -0.3 is 10.0 Å². The Bertz CT molecular complexity index is 513. The van der Waals surface area contributed by atoms with E-state index in [1.54, 1.807) is 0 Å². The third-order valence-electron chi connectivity index (χ3n) is 3.72. The highest BCUT2D eigenvalue weighted by atomic mass is 16.4. The van der Waals surface area contributed by atoms with E-state index >= 15 is 0 Å². The Morgan fingerprint density at radius 2 is 1.95 bits per heavy atom. The van der Waals surface area contributed by atoms with Gasteiger partial charge in [-0.05, 0) is 31.6 Å². The lowest BCUT2D eigenvalue weighted by molar-refractivity contribution is 0.0575. The van der Waals surface area contributed by atoms with Crippen molar-refractivity contribution >= 4 is 11.9 Å². The summed E-state index contributed by atoms with van der Waals surface area (Å²) >= 11 is 0. The van der Waals surface area contributed by atoms with E-state index in [0.29, 0.717) is 5.92 Å². The lowest BCUT2D eigenvalue weighted by Crippen LogP contribution is -2.44. The maximum absolute atomic E-state index is 12.5. The maximum atomic E-state index is 12.5. The first-order chi connectivity index (χ1) is 9.99. The molecule has 114 valence electrons. The fraction of sp³-hybridized carbons (Fsp3) is 0.600. The van der Waals surface area contributed by atoms with Crippen LogP contribution in [0.15, 0.2) is 12.4 Å². The average molecular weight is 291 g/mol. The van der Waals surface area contributed by atoms with Crippen LogP contribution in [0.5, 0.6) is 0 Å². The fourth-order valence-electron chi connectivity index (χ4n) is 2.75. The molecular formula is C15H21N3O3. The number of rotatable bonds is 4. The van der Waals surface area contributed by atoms with Gasteiger partial charge in [0.1, 0.15) is 5.69 Å². The van der Waals surface area contributed by atoms with Crippen molar-refractivity contribution in [1.82, 2.24) is 14.9 Å². The van der Waals surface area contributed by atoms with Crippen LogP contribution in [0.1, 0.15) is 60.5 Å². The van der Waals surface area contributed by atoms with Crippen LogP contribution in [0.25, 0.3) is 0 Å². The third kappa shape index (κ3) is 3.77. The summed E-state index contributed by atoms with van der Waals surface area (Å²) in [7, 11) is 0. The lowest BCUT2D eigenvalue weighted by Gasteiger charge is -2.36. The van der Waals surface area contributed by atoms with E-state index in [1.165, 1.54) is 6.20 Å². The summed E-state index contributed by atoms with van der Waals surface area (Å²) in [6, 6.07) is 0.243. The molecular weight excluding hydrogens is 270 g/mol. The molecule has 2 rings (SSSR count). The van der Waals surface area contributed by atoms with Gasteiger partial charge in [-0.25, -0.2) is 14.8 Å². The van der Waals surface area contributed by atoms with Crippen molar-refractivity contribution in [3.05, 3.63) is 23.8 Å². The summed E-state index contributed by atoms with van der Waals surface area (Å²) in [5, 5.41) is 8.81. The highest BCUT2D eigenvalue weighted by Gasteiger charge is 2.28. The van der Waals surface area contributed by atoms with Gasteiger partial charge in [0.15, 0.2) is 5.69 Å². The highest BCUT2D eigenvalue weighted by Crippen LogP contribution is 2.24. The van der Waals surface area contributed by atoms with Crippen molar-refractivity contribution in [3.63, 3.8) is 0 Å². The first kappa shape index (κ1) is 15.4. The first-order valence-corrected chi connectivity index (χ1v) is 7.35. The van der Waals surface area contributed by atoms with Gasteiger partial charge in [-0.1, -0.05) is 13.8 Å². The Morgan fingerprint density at radius 1 is 1.29 bits per heavy atom. The zero-order chi connectivity index (χ0) is 15.4. The number of piperidine rings is 1. The Balaban J connectivity index is 2.14. The smallest absolute Gasteiger partial charge is 0.356 e. The molecule has 0 aliphatic carbocycles. The van der Waals surface area contributed by atoms with Crippen molar-refractivity contribution < 1.29 is 14.7 Å². The van der Waals surface area contributed by atoms with Gasteiger partial charge in [-0.3, -0.25) is 4.79 Å². The van der Waals surface area contributed by atoms with Gasteiger partial charge in [0.2, 0.25) is 0 Å². The molecule has 1 aromatic rings. The Hall–Kier alpha value is -1.98. The second-order valence-electron chi connectivity index (χ2n) is 5.87. The van der Waals surface area contributed by atoms with Gasteiger partial charge >= 0.3 is 5.97 Å². The number of hydrogen-bond acceptors (Lipinski definition) is 4. The van der Waals surface area contributed by atoms with Crippen LogP contribution < -0.4 is 0 Å². The first-order valence-electron chi connectivity index (χ1n) is 7.35. The second-order valence-corrected chi connectivity index (χ2v) is 5.87. The Morgan fingerprint density at radius 3 is 2.52 bits per heavy atom. The van der Waals surface area contributed by atoms with Gasteiger partial charge in [-0.15, -0.1) is 0 Å². The fourth-order valence-corrected chi connectivity index (χ4v) is 2.75. The lowest BCUT2D eigenvalue weighted by atomic mass is 9.94. The quantitative estimate of drug-likeness (QED) is 0.919. The van der Waals surface area contributed by atoms with Gasteiger partial charge in [0.25, 0.3) is 5.91 Å². The molecule has 1 amide bonds. The van der Waals surface area contributed by atoms with Crippen molar-refractivity contribution in [2.75, 3.05) is 6.54 Å². The van der Waals surface area contributed by atoms with E-state index in [0.717, 1.165) is 38.4 Å². The minimum atomic E-state index is -1.14. The molecule has 0 aromatic carbocycles. The topological polar surface area (TPSA) is 83.4 Å². The molecule has 0 bridgehead atoms. The largest absolute Gasteiger partial charge is 0.476 e. The number of nitrogens with zero attached hydrogens (tertiary/aromatic N) is 3. The number of aromatic carboxylic acids is 1. The molecule has 1 unspecified atom stereocenters. The number of hydrogen-bond donors (Lipinski definition) is 1. The summed E-state index contributed by atoms with van der Waals surface area (Å²) < 4.78 is 0. The maximum Gasteiger partial charge on any atom is 0.356 e. The van der Waals surface area contributed by atoms with Crippen molar-refractivity contribution in [2.45, 2.75) is 45.6 Å². The number of amides is 1. The van der Waals surface area contributed by atoms with Gasteiger partial charge in [0.05, 0.1) is 12.4 Å². The predicted molar refractivity (Wildman–Crippen MR) is 77.1 cm³/mol. The SMILES string of the molecule is CC(C)CC1CCCCN1C(=O)c1cnc(C(=O)O)cn1. The second kappa shape index (κ2) is 6.65. The van der Waals surface area contributed by atoms with Crippen LogP contribution >= 0.6 is 0 Å². The van der Waals surface area contributed by atoms with Crippen molar-refractivity contribution in [1.29, 1.82) is 0 Å². The number of carbonyl (C=O) groups is 2. The van der Waals surface area contributed by atoms with Crippen LogP contribution in [-0.4, -0.2) is 44.4 Å². The van der Waals surface area contributed by atoms with Gasteiger partial charge in [0, 0.05) is 12.6 Å². The summed E-state index contributed by atoms with van der Waals surface area (Å²) in [5.41, 5.74) is 0.0691. The molecule has 1 aliphatic heterocycles. The molecule has 1 fully saturated rings. The monoisotopic (exact) mass is 291 g/mol. The standard InChI is InChI=1S/C15H21N3O3/c1-10(2)7-11-5-3-4-6-18(11)14(19)12-8-17-13(9-16-12)15(20)21/h8-11H,3-7H2,1-2H3,(H,20,21). The van der Waals surface area contributed by atoms with E-state index in [4.69, 9.17) is 5.11 Å². The molecule has 0 saturated carbocycles. The average Bonchev–Trinajstić information content (AvgIpc) is 2.46. The minimum absolute atomic E-state index is 0.148. The number of likely N-dealkylation sites (tertiary alicyclic amines) is 1. The molecule has 1 aromatic heterocycles. The molecule has 6 nitrogen and oxygen atoms in total. The Kier molecular flexibility index (Phi) is 4.88. The molecule has 0 radical (unpaired) electrons. The summed E-state index contributed by atoms with van der Waals surface area (Å²) in [6.07, 6.45) is 6.53. The van der Waals surface area contributed by atoms with E-state index in [1.807, 2.05) is 4.90 Å². The van der Waals surface area contributed by atoms with E-state index in [-0.39, 0.29) is 23.3 Å². The predicted octanol–water partition coefficient (Wildman–Crippen LogP) is 2.22.